The molecule has 1 N–H and O–H groups in total. The Hall–Kier alpha value is -1.68. The van der Waals surface area contributed by atoms with Crippen LogP contribution in [-0.2, 0) is 0 Å². The molecule has 0 aliphatic carbocycles. The number of aliphatic hydroxyl groups is 1. The summed E-state index contributed by atoms with van der Waals surface area (Å²) in [6.45, 7) is -0.522. The van der Waals surface area contributed by atoms with Crippen molar-refractivity contribution in [1.82, 2.24) is 9.78 Å². The molecular formula is C9H8N2O2. The number of hydrogen-bond acceptors (Lipinski definition) is 3. The molecule has 13 heavy (non-hydrogen) atoms. The second kappa shape index (κ2) is 2.99. The van der Waals surface area contributed by atoms with E-state index >= 15 is 0 Å². The van der Waals surface area contributed by atoms with Crippen molar-refractivity contribution in [3.8, 4) is 0 Å². The van der Waals surface area contributed by atoms with Gasteiger partial charge in [-0.3, -0.25) is 4.79 Å². The third-order valence-electron chi connectivity index (χ3n) is 1.85. The highest BCUT2D eigenvalue weighted by Crippen LogP contribution is 2.11. The monoisotopic (exact) mass is 176 g/mol. The zero-order valence-corrected chi connectivity index (χ0v) is 6.84. The number of benzene rings is 1. The van der Waals surface area contributed by atoms with Crippen LogP contribution in [0.1, 0.15) is 4.79 Å². The van der Waals surface area contributed by atoms with Gasteiger partial charge < -0.3 is 5.11 Å². The molecule has 0 unspecified atom stereocenters. The van der Waals surface area contributed by atoms with Gasteiger partial charge in [0.15, 0.2) is 0 Å². The van der Waals surface area contributed by atoms with Gasteiger partial charge in [-0.25, -0.2) is 0 Å². The lowest BCUT2D eigenvalue weighted by Gasteiger charge is -1.97. The Balaban J connectivity index is 2.64. The molecule has 1 aromatic carbocycles. The van der Waals surface area contributed by atoms with Crippen LogP contribution in [-0.4, -0.2) is 27.4 Å². The van der Waals surface area contributed by atoms with Crippen LogP contribution >= 0.6 is 0 Å². The molecule has 1 aromatic heterocycles. The van der Waals surface area contributed by atoms with Crippen molar-refractivity contribution in [3.63, 3.8) is 0 Å². The van der Waals surface area contributed by atoms with E-state index in [0.29, 0.717) is 0 Å². The van der Waals surface area contributed by atoms with Gasteiger partial charge in [0.1, 0.15) is 6.61 Å². The highest BCUT2D eigenvalue weighted by Gasteiger charge is 2.07. The first-order valence-electron chi connectivity index (χ1n) is 3.90. The van der Waals surface area contributed by atoms with E-state index in [4.69, 9.17) is 5.11 Å². The van der Waals surface area contributed by atoms with Crippen molar-refractivity contribution in [3.05, 3.63) is 30.5 Å². The number of aromatic nitrogens is 2. The maximum Gasteiger partial charge on any atom is 0.273 e. The van der Waals surface area contributed by atoms with Crippen molar-refractivity contribution in [2.24, 2.45) is 0 Å². The molecule has 4 heteroatoms. The van der Waals surface area contributed by atoms with Crippen LogP contribution in [0.2, 0.25) is 0 Å². The number of para-hydroxylation sites is 1. The molecule has 0 aliphatic rings. The molecule has 0 saturated heterocycles. The molecule has 0 amide bonds. The average molecular weight is 176 g/mol. The van der Waals surface area contributed by atoms with E-state index in [0.717, 1.165) is 10.9 Å². The maximum absolute atomic E-state index is 11.1. The first-order valence-corrected chi connectivity index (χ1v) is 3.90. The van der Waals surface area contributed by atoms with Gasteiger partial charge >= 0.3 is 0 Å². The number of rotatable bonds is 1. The Morgan fingerprint density at radius 3 is 3.00 bits per heavy atom. The minimum Gasteiger partial charge on any atom is -0.386 e. The molecule has 0 radical (unpaired) electrons. The molecule has 66 valence electrons. The van der Waals surface area contributed by atoms with Crippen molar-refractivity contribution in [2.75, 3.05) is 6.61 Å². The third-order valence-corrected chi connectivity index (χ3v) is 1.85. The van der Waals surface area contributed by atoms with Gasteiger partial charge in [0, 0.05) is 5.39 Å². The Bertz CT molecular complexity index is 448. The molecule has 1 heterocycles. The number of carbonyl (C=O) groups is 1. The zero-order chi connectivity index (χ0) is 9.26. The van der Waals surface area contributed by atoms with Gasteiger partial charge in [0.2, 0.25) is 0 Å². The predicted octanol–water partition coefficient (Wildman–Crippen LogP) is 0.669. The standard InChI is InChI=1S/C9H8N2O2/c12-6-9(13)11-8-4-2-1-3-7(8)5-10-11/h1-5,12H,6H2. The van der Waals surface area contributed by atoms with E-state index in [1.54, 1.807) is 12.3 Å². The Kier molecular flexibility index (Phi) is 1.83. The summed E-state index contributed by atoms with van der Waals surface area (Å²) in [6, 6.07) is 7.35. The molecule has 0 fully saturated rings. The Morgan fingerprint density at radius 2 is 2.23 bits per heavy atom. The fourth-order valence-electron chi connectivity index (χ4n) is 1.24. The molecule has 4 nitrogen and oxygen atoms in total. The molecule has 0 spiro atoms. The van der Waals surface area contributed by atoms with Crippen molar-refractivity contribution in [1.29, 1.82) is 0 Å². The van der Waals surface area contributed by atoms with Crippen molar-refractivity contribution in [2.45, 2.75) is 0 Å². The van der Waals surface area contributed by atoms with E-state index in [9.17, 15) is 4.79 Å². The quantitative estimate of drug-likeness (QED) is 0.694. The van der Waals surface area contributed by atoms with Gasteiger partial charge in [0.05, 0.1) is 11.7 Å². The summed E-state index contributed by atoms with van der Waals surface area (Å²) >= 11 is 0. The molecule has 0 aliphatic heterocycles. The van der Waals surface area contributed by atoms with E-state index in [-0.39, 0.29) is 0 Å². The number of nitrogens with zero attached hydrogens (tertiary/aromatic N) is 2. The third kappa shape index (κ3) is 1.21. The van der Waals surface area contributed by atoms with E-state index in [2.05, 4.69) is 5.10 Å². The maximum atomic E-state index is 11.1. The van der Waals surface area contributed by atoms with Gasteiger partial charge in [0.25, 0.3) is 5.91 Å². The van der Waals surface area contributed by atoms with Gasteiger partial charge in [-0.2, -0.15) is 9.78 Å². The number of carbonyl (C=O) groups excluding carboxylic acids is 1. The fraction of sp³-hybridized carbons (Fsp3) is 0.111. The average Bonchev–Trinajstić information content (AvgIpc) is 2.60. The minimum absolute atomic E-state index is 0.416. The van der Waals surface area contributed by atoms with Crippen LogP contribution in [0, 0.1) is 0 Å². The highest BCUT2D eigenvalue weighted by atomic mass is 16.3. The topological polar surface area (TPSA) is 55.1 Å². The second-order valence-corrected chi connectivity index (χ2v) is 2.67. The minimum atomic E-state index is -0.522. The second-order valence-electron chi connectivity index (χ2n) is 2.67. The lowest BCUT2D eigenvalue weighted by Crippen LogP contribution is -2.15. The van der Waals surface area contributed by atoms with Crippen molar-refractivity contribution < 1.29 is 9.90 Å². The Labute approximate surface area is 74.4 Å². The number of aliphatic hydroxyl groups excluding tert-OH is 1. The summed E-state index contributed by atoms with van der Waals surface area (Å²) in [4.78, 5) is 11.1. The summed E-state index contributed by atoms with van der Waals surface area (Å²) < 4.78 is 1.20. The van der Waals surface area contributed by atoms with Crippen LogP contribution in [0.5, 0.6) is 0 Å². The number of hydrogen-bond donors (Lipinski definition) is 1. The normalized spacial score (nSPS) is 10.5. The summed E-state index contributed by atoms with van der Waals surface area (Å²) in [5.41, 5.74) is 0.724. The van der Waals surface area contributed by atoms with Crippen molar-refractivity contribution >= 4 is 16.8 Å². The van der Waals surface area contributed by atoms with E-state index in [1.165, 1.54) is 4.68 Å². The summed E-state index contributed by atoms with van der Waals surface area (Å²) in [6.07, 6.45) is 1.60. The summed E-state index contributed by atoms with van der Waals surface area (Å²) in [5.74, 6) is -0.416. The summed E-state index contributed by atoms with van der Waals surface area (Å²) in [5, 5.41) is 13.4. The zero-order valence-electron chi connectivity index (χ0n) is 6.84. The molecule has 0 atom stereocenters. The van der Waals surface area contributed by atoms with Crippen LogP contribution in [0.25, 0.3) is 10.9 Å². The molecular weight excluding hydrogens is 168 g/mol. The lowest BCUT2D eigenvalue weighted by molar-refractivity contribution is 0.0808. The van der Waals surface area contributed by atoms with Gasteiger partial charge in [-0.15, -0.1) is 0 Å². The van der Waals surface area contributed by atoms with Crippen LogP contribution in [0.15, 0.2) is 30.5 Å². The molecule has 2 rings (SSSR count). The SMILES string of the molecule is O=C(CO)n1ncc2ccccc21. The lowest BCUT2D eigenvalue weighted by atomic mass is 10.2. The van der Waals surface area contributed by atoms with Gasteiger partial charge in [-0.05, 0) is 6.07 Å². The van der Waals surface area contributed by atoms with E-state index < -0.39 is 12.5 Å². The fourth-order valence-corrected chi connectivity index (χ4v) is 1.24. The first-order chi connectivity index (χ1) is 6.33. The summed E-state index contributed by atoms with van der Waals surface area (Å²) in [7, 11) is 0. The van der Waals surface area contributed by atoms with Crippen LogP contribution in [0.4, 0.5) is 0 Å². The van der Waals surface area contributed by atoms with Crippen LogP contribution < -0.4 is 0 Å². The number of fused-ring (bicyclic) bond motifs is 1. The van der Waals surface area contributed by atoms with Crippen LogP contribution in [0.3, 0.4) is 0 Å². The smallest absolute Gasteiger partial charge is 0.273 e. The molecule has 0 saturated carbocycles. The Morgan fingerprint density at radius 1 is 1.46 bits per heavy atom. The predicted molar refractivity (Wildman–Crippen MR) is 47.4 cm³/mol. The molecule has 2 aromatic rings. The highest BCUT2D eigenvalue weighted by molar-refractivity contribution is 5.91. The van der Waals surface area contributed by atoms with Gasteiger partial charge in [-0.1, -0.05) is 18.2 Å². The molecule has 0 bridgehead atoms. The first kappa shape index (κ1) is 7.94. The van der Waals surface area contributed by atoms with E-state index in [1.807, 2.05) is 18.2 Å². The largest absolute Gasteiger partial charge is 0.386 e.